The van der Waals surface area contributed by atoms with Crippen LogP contribution in [-0.4, -0.2) is 161 Å². The maximum atomic E-state index is 13.0. The second kappa shape index (κ2) is 40.9. The molecule has 21 heteroatoms. The zero-order valence-electron chi connectivity index (χ0n) is 70.1. The number of ketones is 5. The molecule has 0 heterocycles. The third-order valence-electron chi connectivity index (χ3n) is 21.0. The van der Waals surface area contributed by atoms with Gasteiger partial charge < -0.3 is 54.4 Å². The summed E-state index contributed by atoms with van der Waals surface area (Å²) in [5.74, 6) is 0.148. The van der Waals surface area contributed by atoms with Crippen molar-refractivity contribution in [2.75, 3.05) is 93.0 Å². The molecule has 5 aliphatic rings. The van der Waals surface area contributed by atoms with E-state index in [2.05, 4.69) is 45.8 Å². The average Bonchev–Trinajstić information content (AvgIpc) is 0.786. The molecule has 5 aliphatic carbocycles. The lowest BCUT2D eigenvalue weighted by Gasteiger charge is -2.32. The van der Waals surface area contributed by atoms with Crippen molar-refractivity contribution in [3.8, 4) is 0 Å². The highest BCUT2D eigenvalue weighted by Gasteiger charge is 2.46. The number of allylic oxidation sites excluding steroid dienone is 1. The summed E-state index contributed by atoms with van der Waals surface area (Å²) in [5, 5.41) is 10.5. The molecule has 17 nitrogen and oxygen atoms in total. The normalized spacial score (nSPS) is 14.0. The van der Waals surface area contributed by atoms with Crippen LogP contribution in [0, 0.1) is 5.41 Å². The number of hydrogen-bond acceptors (Lipinski definition) is 17. The molecule has 0 bridgehead atoms. The van der Waals surface area contributed by atoms with Crippen molar-refractivity contribution >= 4 is 148 Å². The van der Waals surface area contributed by atoms with Crippen LogP contribution >= 0.6 is 0 Å². The third-order valence-corrected chi connectivity index (χ3v) is 28.3. The van der Waals surface area contributed by atoms with Gasteiger partial charge in [0.25, 0.3) is 0 Å². The van der Waals surface area contributed by atoms with E-state index in [0.29, 0.717) is 93.9 Å². The Morgan fingerprint density at radius 2 is 0.622 bits per heavy atom. The van der Waals surface area contributed by atoms with Gasteiger partial charge in [-0.2, -0.15) is 0 Å². The number of benzene rings is 10. The van der Waals surface area contributed by atoms with Crippen molar-refractivity contribution in [3.05, 3.63) is 303 Å². The largest absolute Gasteiger partial charge is 0.679 e. The minimum Gasteiger partial charge on any atom is -0.413 e. The summed E-state index contributed by atoms with van der Waals surface area (Å²) >= 11 is 0. The first-order valence-corrected chi connectivity index (χ1v) is 50.8. The van der Waals surface area contributed by atoms with Crippen molar-refractivity contribution in [2.24, 2.45) is 5.41 Å². The van der Waals surface area contributed by atoms with E-state index in [1.54, 1.807) is 32.4 Å². The Hall–Kier alpha value is -9.84. The van der Waals surface area contributed by atoms with Gasteiger partial charge in [-0.05, 0) is 158 Å². The summed E-state index contributed by atoms with van der Waals surface area (Å²) in [7, 11) is -8.14. The maximum Gasteiger partial charge on any atom is 0.679 e. The van der Waals surface area contributed by atoms with Crippen molar-refractivity contribution in [1.82, 2.24) is 0 Å². The molecular weight excluding hydrogens is 1560 g/mol. The predicted octanol–water partition coefficient (Wildman–Crippen LogP) is 21.0. The van der Waals surface area contributed by atoms with Gasteiger partial charge in [-0.1, -0.05) is 207 Å². The molecule has 0 radical (unpaired) electrons. The van der Waals surface area contributed by atoms with Gasteiger partial charge in [0, 0.05) is 115 Å². The van der Waals surface area contributed by atoms with E-state index in [9.17, 15) is 28.8 Å². The zero-order valence-corrected chi connectivity index (χ0v) is 74.1. The summed E-state index contributed by atoms with van der Waals surface area (Å²) < 4.78 is 63.3. The molecule has 0 aliphatic heterocycles. The van der Waals surface area contributed by atoms with Crippen LogP contribution in [0.1, 0.15) is 114 Å². The highest BCUT2D eigenvalue weighted by Crippen LogP contribution is 2.38. The molecule has 0 spiro atoms. The van der Waals surface area contributed by atoms with Gasteiger partial charge in [0.15, 0.2) is 37.2 Å². The van der Waals surface area contributed by atoms with E-state index in [0.717, 1.165) is 122 Å². The first-order valence-electron chi connectivity index (χ1n) is 40.4. The van der Waals surface area contributed by atoms with Crippen LogP contribution in [0.2, 0.25) is 45.3 Å². The predicted molar refractivity (Wildman–Crippen MR) is 488 cm³/mol. The minimum atomic E-state index is -3.26. The molecule has 0 atom stereocenters. The zero-order chi connectivity index (χ0) is 85.1. The van der Waals surface area contributed by atoms with Crippen LogP contribution in [0.3, 0.4) is 0 Å². The molecule has 0 saturated heterocycles. The fourth-order valence-electron chi connectivity index (χ4n) is 14.8. The molecule has 15 rings (SSSR count). The van der Waals surface area contributed by atoms with Crippen molar-refractivity contribution in [3.63, 3.8) is 0 Å². The minimum absolute atomic E-state index is 0.00690. The van der Waals surface area contributed by atoms with E-state index < -0.39 is 34.5 Å². The Morgan fingerprint density at radius 1 is 0.345 bits per heavy atom. The summed E-state index contributed by atoms with van der Waals surface area (Å²) in [4.78, 5) is 73.6. The van der Waals surface area contributed by atoms with E-state index in [1.807, 2.05) is 246 Å². The van der Waals surface area contributed by atoms with E-state index in [-0.39, 0.29) is 54.2 Å². The van der Waals surface area contributed by atoms with Crippen LogP contribution in [-0.2, 0) is 49.6 Å². The summed E-state index contributed by atoms with van der Waals surface area (Å²) in [5.41, 5.74) is 12.0. The molecule has 0 amide bonds. The second-order valence-corrected chi connectivity index (χ2v) is 44.0. The fraction of sp³-hybridized carbons (Fsp3) is 0.276. The van der Waals surface area contributed by atoms with Crippen LogP contribution in [0.5, 0.6) is 0 Å². The standard InChI is InChI=1S/C26H30O4.C20H24O5Si.C19H20O2Si.C17H18O3Si.C16H16O3Si/c1-4-13-28-17-26(6-3,18-29-14-5-2)19-30-16-22-15-21-11-7-9-20-10-8-12-23(24(20)21)25(22)27;1-4-22-26(23-5-2,24-6-3)25-14-17-13-16-11-7-9-15-10-8-12-18(19(15)16)20(17)21;1-4-11-22(2,3)21-13-16-12-15-9-5-7-14-8-6-10-17(18(14)15)19(16)20;1-19-21(2,3)20-11-14-10-13-8-4-6-12-7-5-9-15(16(12)13)17(14)18;1-20(2,18)19-10-13-9-12-7-3-5-11-6-4-8-14(15(11)12)16(13)17/h4-5,7-12,15H,1-2,6,13-14,16-19H2,3H3;7-13H,4-6,14H2,1-3H3;4-10,12H,1,11,13H2,2-3H3;4-10H,11H2,1-3H3;3-9,18H,10H2,1-2H3. The molecule has 0 saturated carbocycles. The summed E-state index contributed by atoms with van der Waals surface area (Å²) in [6.45, 7) is 35.4. The molecule has 1 N–H and O–H groups in total. The van der Waals surface area contributed by atoms with Crippen LogP contribution in [0.4, 0.5) is 0 Å². The van der Waals surface area contributed by atoms with Gasteiger partial charge in [-0.15, -0.1) is 19.7 Å². The lowest BCUT2D eigenvalue weighted by atomic mass is 9.87. The number of rotatable bonds is 34. The number of ether oxygens (including phenoxy) is 3. The smallest absolute Gasteiger partial charge is 0.413 e. The molecule has 119 heavy (non-hydrogen) atoms. The van der Waals surface area contributed by atoms with E-state index in [1.165, 1.54) is 0 Å². The van der Waals surface area contributed by atoms with Gasteiger partial charge >= 0.3 is 26.2 Å². The van der Waals surface area contributed by atoms with Gasteiger partial charge in [-0.25, -0.2) is 0 Å². The average molecular weight is 1670 g/mol. The Labute approximate surface area is 703 Å². The van der Waals surface area contributed by atoms with Gasteiger partial charge in [0.1, 0.15) is 0 Å². The molecule has 0 aromatic heterocycles. The monoisotopic (exact) mass is 1670 g/mol. The van der Waals surface area contributed by atoms with Gasteiger partial charge in [-0.3, -0.25) is 24.0 Å². The first kappa shape index (κ1) is 89.9. The Kier molecular flexibility index (Phi) is 30.9. The molecule has 10 aromatic rings. The van der Waals surface area contributed by atoms with Gasteiger partial charge in [0.05, 0.1) is 66.1 Å². The molecule has 618 valence electrons. The quantitative estimate of drug-likeness (QED) is 0.0226. The van der Waals surface area contributed by atoms with Crippen LogP contribution in [0.15, 0.2) is 248 Å². The number of carbonyl (C=O) groups is 5. The lowest BCUT2D eigenvalue weighted by molar-refractivity contribution is -0.0594. The van der Waals surface area contributed by atoms with Gasteiger partial charge in [0.2, 0.25) is 0 Å². The number of carbonyl (C=O) groups excluding carboxylic acids is 5. The lowest BCUT2D eigenvalue weighted by Crippen LogP contribution is -2.50. The third kappa shape index (κ3) is 22.0. The van der Waals surface area contributed by atoms with Crippen LogP contribution in [0.25, 0.3) is 84.2 Å². The summed E-state index contributed by atoms with van der Waals surface area (Å²) in [6.07, 6.45) is 15.8. The van der Waals surface area contributed by atoms with E-state index in [4.69, 9.17) is 49.6 Å². The topological polar surface area (TPSA) is 207 Å². The summed E-state index contributed by atoms with van der Waals surface area (Å²) in [6, 6.07) is 60.4. The maximum absolute atomic E-state index is 13.0. The highest BCUT2D eigenvalue weighted by atomic mass is 28.4. The second-order valence-electron chi connectivity index (χ2n) is 31.0. The molecule has 0 fully saturated rings. The van der Waals surface area contributed by atoms with E-state index >= 15 is 0 Å². The highest BCUT2D eigenvalue weighted by molar-refractivity contribution is 6.71. The first-order chi connectivity index (χ1) is 57.3. The Bertz CT molecular complexity index is 5570. The fourth-order valence-corrected chi connectivity index (χ4v) is 19.2. The molecular formula is C98H108O17Si4. The number of hydrogen-bond donors (Lipinski definition) is 1. The molecule has 0 unspecified atom stereocenters. The van der Waals surface area contributed by atoms with Crippen molar-refractivity contribution in [2.45, 2.75) is 79.4 Å². The van der Waals surface area contributed by atoms with Crippen molar-refractivity contribution in [1.29, 1.82) is 0 Å². The van der Waals surface area contributed by atoms with Crippen molar-refractivity contribution < 1.29 is 78.4 Å². The SMILES string of the molecule is C=CCOCC(CC)(COCC=C)COCC1=Cc2cccc3cccc(c23)C1=O.C=CC[Si](C)(C)OCC1=Cc2cccc3cccc(c23)C1=O.CCO[Si](OCC)(OCC)OCC1=Cc2cccc3cccc(c23)C1=O.CO[Si](C)(C)OCC1=Cc2cccc3cccc(c23)C1=O.C[Si](C)(O)OCC1=Cc2cccc3cccc(c23)C1=O. The Balaban J connectivity index is 0.000000147. The molecule has 10 aromatic carbocycles. The Morgan fingerprint density at radius 3 is 0.899 bits per heavy atom. The van der Waals surface area contributed by atoms with Crippen LogP contribution < -0.4 is 0 Å². The number of Topliss-reactive ketones (excluding diaryl/α,β-unsaturated/α-hetero) is 5.